The Kier molecular flexibility index (Phi) is 9.93. The molecule has 208 valence electrons. The number of rotatable bonds is 11. The predicted octanol–water partition coefficient (Wildman–Crippen LogP) is 3.33. The second-order valence-electron chi connectivity index (χ2n) is 9.71. The first-order valence-corrected chi connectivity index (χ1v) is 12.3. The Morgan fingerprint density at radius 2 is 1.87 bits per heavy atom. The number of fused-ring (bicyclic) bond motifs is 1. The van der Waals surface area contributed by atoms with Crippen molar-refractivity contribution >= 4 is 34.9 Å². The van der Waals surface area contributed by atoms with Crippen molar-refractivity contribution in [3.8, 4) is 11.5 Å². The van der Waals surface area contributed by atoms with Crippen LogP contribution < -0.4 is 25.6 Å². The van der Waals surface area contributed by atoms with E-state index in [-0.39, 0.29) is 13.2 Å². The number of nitrogens with one attached hydrogen (secondary N) is 4. The first-order chi connectivity index (χ1) is 18.6. The van der Waals surface area contributed by atoms with Crippen LogP contribution in [0.25, 0.3) is 17.0 Å². The van der Waals surface area contributed by atoms with Gasteiger partial charge in [-0.25, -0.2) is 10.3 Å². The van der Waals surface area contributed by atoms with Gasteiger partial charge in [-0.3, -0.25) is 14.8 Å². The van der Waals surface area contributed by atoms with Crippen LogP contribution >= 0.6 is 0 Å². The summed E-state index contributed by atoms with van der Waals surface area (Å²) in [6.45, 7) is 5.07. The molecule has 39 heavy (non-hydrogen) atoms. The Balaban J connectivity index is 1.72. The average molecular weight is 539 g/mol. The number of hydrogen-bond acceptors (Lipinski definition) is 7. The van der Waals surface area contributed by atoms with E-state index in [0.29, 0.717) is 23.5 Å². The number of aromatic amines is 1. The molecule has 2 aromatic carbocycles. The third-order valence-corrected chi connectivity index (χ3v) is 5.46. The highest BCUT2D eigenvalue weighted by Gasteiger charge is 2.20. The van der Waals surface area contributed by atoms with Crippen molar-refractivity contribution in [2.75, 3.05) is 20.3 Å². The first kappa shape index (κ1) is 29.1. The second-order valence-corrected chi connectivity index (χ2v) is 9.71. The van der Waals surface area contributed by atoms with Gasteiger partial charge in [0.25, 0.3) is 5.91 Å². The summed E-state index contributed by atoms with van der Waals surface area (Å²) in [5, 5.41) is 15.1. The lowest BCUT2D eigenvalue weighted by Crippen LogP contribution is -2.46. The topological polar surface area (TPSA) is 151 Å². The van der Waals surface area contributed by atoms with Crippen LogP contribution in [-0.4, -0.2) is 60.0 Å². The van der Waals surface area contributed by atoms with Gasteiger partial charge >= 0.3 is 6.09 Å². The molecule has 0 fully saturated rings. The number of hydrogen-bond donors (Lipinski definition) is 5. The van der Waals surface area contributed by atoms with E-state index in [9.17, 15) is 14.4 Å². The van der Waals surface area contributed by atoms with Crippen LogP contribution in [-0.2, 0) is 20.7 Å². The van der Waals surface area contributed by atoms with Gasteiger partial charge in [-0.15, -0.1) is 0 Å². The standard InChI is InChI=1S/C28H34N4O7/c1-28(2,3)39-27(35)30-16-26(34)31-20(14-19-15-29-22-8-6-5-7-21(19)22)17-38-23-11-9-18(13-24(23)37-4)10-12-25(33)32-36/h5-13,15,20,29,36H,14,16-17H2,1-4H3,(H,30,35)(H,31,34)(H,32,33)/b12-10+/t20-/m0/s1. The van der Waals surface area contributed by atoms with Gasteiger partial charge in [0, 0.05) is 23.2 Å². The molecular formula is C28H34N4O7. The summed E-state index contributed by atoms with van der Waals surface area (Å²) in [5.41, 5.74) is 3.47. The zero-order valence-electron chi connectivity index (χ0n) is 22.4. The van der Waals surface area contributed by atoms with Gasteiger partial charge in [0.2, 0.25) is 5.91 Å². The third-order valence-electron chi connectivity index (χ3n) is 5.46. The molecular weight excluding hydrogens is 504 g/mol. The zero-order chi connectivity index (χ0) is 28.4. The zero-order valence-corrected chi connectivity index (χ0v) is 22.4. The van der Waals surface area contributed by atoms with Crippen molar-refractivity contribution in [1.29, 1.82) is 0 Å². The largest absolute Gasteiger partial charge is 0.493 e. The van der Waals surface area contributed by atoms with Crippen LogP contribution in [0.1, 0.15) is 31.9 Å². The molecule has 3 aromatic rings. The molecule has 0 unspecified atom stereocenters. The lowest BCUT2D eigenvalue weighted by molar-refractivity contribution is -0.124. The van der Waals surface area contributed by atoms with Crippen molar-refractivity contribution in [3.05, 3.63) is 65.9 Å². The van der Waals surface area contributed by atoms with Crippen LogP contribution in [0.2, 0.25) is 0 Å². The summed E-state index contributed by atoms with van der Waals surface area (Å²) in [6, 6.07) is 12.5. The minimum atomic E-state index is -0.683. The summed E-state index contributed by atoms with van der Waals surface area (Å²) >= 11 is 0. The summed E-state index contributed by atoms with van der Waals surface area (Å²) < 4.78 is 16.7. The van der Waals surface area contributed by atoms with Gasteiger partial charge in [-0.2, -0.15) is 0 Å². The van der Waals surface area contributed by atoms with Crippen LogP contribution in [0.5, 0.6) is 11.5 Å². The van der Waals surface area contributed by atoms with Gasteiger partial charge in [0.15, 0.2) is 11.5 Å². The predicted molar refractivity (Wildman–Crippen MR) is 146 cm³/mol. The average Bonchev–Trinajstić information content (AvgIpc) is 3.31. The van der Waals surface area contributed by atoms with Crippen molar-refractivity contribution in [2.45, 2.75) is 38.8 Å². The van der Waals surface area contributed by atoms with Crippen molar-refractivity contribution in [3.63, 3.8) is 0 Å². The highest BCUT2D eigenvalue weighted by molar-refractivity contribution is 5.91. The van der Waals surface area contributed by atoms with Crippen molar-refractivity contribution < 1.29 is 33.8 Å². The Labute approximate surface area is 226 Å². The van der Waals surface area contributed by atoms with Crippen LogP contribution in [0.4, 0.5) is 4.79 Å². The molecule has 3 rings (SSSR count). The number of benzene rings is 2. The highest BCUT2D eigenvalue weighted by atomic mass is 16.6. The van der Waals surface area contributed by atoms with E-state index in [1.54, 1.807) is 39.0 Å². The third kappa shape index (κ3) is 9.08. The quantitative estimate of drug-likeness (QED) is 0.143. The molecule has 0 spiro atoms. The summed E-state index contributed by atoms with van der Waals surface area (Å²) in [7, 11) is 1.49. The number of ether oxygens (including phenoxy) is 3. The first-order valence-electron chi connectivity index (χ1n) is 12.3. The molecule has 0 saturated carbocycles. The minimum Gasteiger partial charge on any atom is -0.493 e. The minimum absolute atomic E-state index is 0.107. The number of methoxy groups -OCH3 is 1. The van der Waals surface area contributed by atoms with Crippen molar-refractivity contribution in [1.82, 2.24) is 21.1 Å². The molecule has 0 saturated heterocycles. The molecule has 1 heterocycles. The maximum absolute atomic E-state index is 12.7. The number of H-pyrrole nitrogens is 1. The van der Waals surface area contributed by atoms with E-state index in [1.165, 1.54) is 24.7 Å². The maximum atomic E-state index is 12.7. The molecule has 0 aliphatic heterocycles. The Morgan fingerprint density at radius 1 is 1.10 bits per heavy atom. The summed E-state index contributed by atoms with van der Waals surface area (Å²) in [4.78, 5) is 39.2. The number of alkyl carbamates (subject to hydrolysis) is 1. The maximum Gasteiger partial charge on any atom is 0.408 e. The smallest absolute Gasteiger partial charge is 0.408 e. The molecule has 11 heteroatoms. The molecule has 1 atom stereocenters. The van der Waals surface area contributed by atoms with Gasteiger partial charge in [0.1, 0.15) is 18.8 Å². The van der Waals surface area contributed by atoms with Crippen LogP contribution in [0.15, 0.2) is 54.7 Å². The summed E-state index contributed by atoms with van der Waals surface area (Å²) in [5.74, 6) is -0.202. The highest BCUT2D eigenvalue weighted by Crippen LogP contribution is 2.29. The molecule has 3 amide bonds. The number of carbonyl (C=O) groups excluding carboxylic acids is 3. The van der Waals surface area contributed by atoms with E-state index >= 15 is 0 Å². The Hall–Kier alpha value is -4.51. The Morgan fingerprint density at radius 3 is 2.59 bits per heavy atom. The fraction of sp³-hybridized carbons (Fsp3) is 0.321. The number of carbonyl (C=O) groups is 3. The SMILES string of the molecule is COc1cc(/C=C/C(=O)NO)ccc1OC[C@H](Cc1c[nH]c2ccccc12)NC(=O)CNC(=O)OC(C)(C)C. The molecule has 0 bridgehead atoms. The van der Waals surface area contributed by atoms with Crippen LogP contribution in [0, 0.1) is 0 Å². The van der Waals surface area contributed by atoms with Gasteiger partial charge in [-0.05, 0) is 62.6 Å². The lowest BCUT2D eigenvalue weighted by Gasteiger charge is -2.22. The normalized spacial score (nSPS) is 12.1. The fourth-order valence-corrected chi connectivity index (χ4v) is 3.77. The number of hydroxylamine groups is 1. The van der Waals surface area contributed by atoms with Gasteiger partial charge < -0.3 is 29.8 Å². The van der Waals surface area contributed by atoms with Gasteiger partial charge in [0.05, 0.1) is 13.2 Å². The molecule has 11 nitrogen and oxygen atoms in total. The lowest BCUT2D eigenvalue weighted by atomic mass is 10.1. The molecule has 0 radical (unpaired) electrons. The van der Waals surface area contributed by atoms with Crippen molar-refractivity contribution in [2.24, 2.45) is 0 Å². The van der Waals surface area contributed by atoms with E-state index in [2.05, 4.69) is 15.6 Å². The monoisotopic (exact) mass is 538 g/mol. The Bertz CT molecular complexity index is 1330. The molecule has 0 aliphatic rings. The summed E-state index contributed by atoms with van der Waals surface area (Å²) in [6.07, 6.45) is 4.36. The molecule has 0 aliphatic carbocycles. The molecule has 1 aromatic heterocycles. The number of para-hydroxylation sites is 1. The van der Waals surface area contributed by atoms with E-state index < -0.39 is 29.6 Å². The molecule has 5 N–H and O–H groups in total. The van der Waals surface area contributed by atoms with Gasteiger partial charge in [-0.1, -0.05) is 24.3 Å². The fourth-order valence-electron chi connectivity index (χ4n) is 3.77. The number of amides is 3. The van der Waals surface area contributed by atoms with E-state index in [4.69, 9.17) is 19.4 Å². The van der Waals surface area contributed by atoms with E-state index in [1.807, 2.05) is 30.5 Å². The van der Waals surface area contributed by atoms with Crippen LogP contribution in [0.3, 0.4) is 0 Å². The number of aromatic nitrogens is 1. The second kappa shape index (κ2) is 13.3. The van der Waals surface area contributed by atoms with E-state index in [0.717, 1.165) is 16.5 Å².